The average molecular weight is 238 g/mol. The van der Waals surface area contributed by atoms with E-state index in [1.165, 1.54) is 51.4 Å². The number of ether oxygens (including phenoxy) is 1. The van der Waals surface area contributed by atoms with E-state index in [1.54, 1.807) is 0 Å². The molecule has 2 saturated carbocycles. The molecule has 2 aliphatic carbocycles. The van der Waals surface area contributed by atoms with Crippen LogP contribution in [0.15, 0.2) is 0 Å². The second kappa shape index (κ2) is 7.92. The Morgan fingerprint density at radius 2 is 1.00 bits per heavy atom. The van der Waals surface area contributed by atoms with E-state index in [-0.39, 0.29) is 0 Å². The molecule has 0 N–H and O–H groups in total. The third-order valence-corrected chi connectivity index (χ3v) is 4.31. The molecular formula is C15H26O2. The quantitative estimate of drug-likeness (QED) is 0.525. The van der Waals surface area contributed by atoms with Crippen molar-refractivity contribution in [3.8, 4) is 0 Å². The van der Waals surface area contributed by atoms with Crippen molar-refractivity contribution in [1.82, 2.24) is 0 Å². The molecule has 0 spiro atoms. The molecule has 2 rings (SSSR count). The van der Waals surface area contributed by atoms with Crippen molar-refractivity contribution in [2.75, 3.05) is 0 Å². The molecule has 2 heteroatoms. The number of hydrogen-bond acceptors (Lipinski definition) is 1. The summed E-state index contributed by atoms with van der Waals surface area (Å²) >= 11 is 0. The van der Waals surface area contributed by atoms with E-state index in [0.717, 1.165) is 11.8 Å². The molecule has 2 aliphatic rings. The molecule has 0 radical (unpaired) electrons. The van der Waals surface area contributed by atoms with Crippen LogP contribution in [0.4, 0.5) is 0 Å². The summed E-state index contributed by atoms with van der Waals surface area (Å²) in [6.45, 7) is 9.25. The van der Waals surface area contributed by atoms with E-state index in [2.05, 4.69) is 20.5 Å². The van der Waals surface area contributed by atoms with Gasteiger partial charge in [-0.2, -0.15) is 0 Å². The van der Waals surface area contributed by atoms with Crippen LogP contribution in [0.25, 0.3) is 0 Å². The third kappa shape index (κ3) is 5.25. The molecule has 98 valence electrons. The fourth-order valence-corrected chi connectivity index (χ4v) is 3.00. The van der Waals surface area contributed by atoms with Crippen LogP contribution < -0.4 is 0 Å². The summed E-state index contributed by atoms with van der Waals surface area (Å²) in [5, 5.41) is 0. The van der Waals surface area contributed by atoms with Gasteiger partial charge in [-0.15, -0.1) is 0 Å². The van der Waals surface area contributed by atoms with Crippen LogP contribution in [0.5, 0.6) is 0 Å². The maximum atomic E-state index is 7.50. The molecule has 0 heterocycles. The molecular weight excluding hydrogens is 212 g/mol. The summed E-state index contributed by atoms with van der Waals surface area (Å²) in [6, 6.07) is 0. The molecule has 0 bridgehead atoms. The second-order valence-corrected chi connectivity index (χ2v) is 5.90. The van der Waals surface area contributed by atoms with Crippen molar-refractivity contribution >= 4 is 0 Å². The topological polar surface area (TPSA) is 29.1 Å². The predicted octanol–water partition coefficient (Wildman–Crippen LogP) is 4.12. The van der Waals surface area contributed by atoms with E-state index in [0.29, 0.717) is 12.2 Å². The Morgan fingerprint density at radius 3 is 1.29 bits per heavy atom. The van der Waals surface area contributed by atoms with Crippen LogP contribution in [-0.2, 0) is 9.39 Å². The molecule has 17 heavy (non-hydrogen) atoms. The van der Waals surface area contributed by atoms with E-state index in [1.807, 2.05) is 0 Å². The Balaban J connectivity index is 0.000000686. The van der Waals surface area contributed by atoms with Gasteiger partial charge in [-0.25, -0.2) is 0 Å². The van der Waals surface area contributed by atoms with E-state index < -0.39 is 0 Å². The molecule has 2 fully saturated rings. The first-order valence-electron chi connectivity index (χ1n) is 7.10. The standard InChI is InChI=1S/C14H26O.CO/c1-11-3-7-13(8-4-11)15-14-9-5-12(2)6-10-14;1-2/h11-14H,3-10H2,1-2H3;. The van der Waals surface area contributed by atoms with Gasteiger partial charge in [0.2, 0.25) is 0 Å². The Bertz CT molecular complexity index is 188. The average Bonchev–Trinajstić information content (AvgIpc) is 2.37. The van der Waals surface area contributed by atoms with Gasteiger partial charge >= 0.3 is 11.3 Å². The van der Waals surface area contributed by atoms with Gasteiger partial charge in [-0.3, -0.25) is 0 Å². The van der Waals surface area contributed by atoms with Crippen LogP contribution in [-0.4, -0.2) is 12.2 Å². The van der Waals surface area contributed by atoms with E-state index in [9.17, 15) is 0 Å². The van der Waals surface area contributed by atoms with Gasteiger partial charge in [0.1, 0.15) is 0 Å². The fourth-order valence-electron chi connectivity index (χ4n) is 3.00. The Morgan fingerprint density at radius 1 is 0.706 bits per heavy atom. The number of rotatable bonds is 2. The Hall–Kier alpha value is -0.300. The molecule has 2 nitrogen and oxygen atoms in total. The zero-order chi connectivity index (χ0) is 12.7. The van der Waals surface area contributed by atoms with Crippen LogP contribution in [0.1, 0.15) is 65.2 Å². The first-order valence-corrected chi connectivity index (χ1v) is 7.10. The van der Waals surface area contributed by atoms with Gasteiger partial charge in [-0.1, -0.05) is 13.8 Å². The summed E-state index contributed by atoms with van der Waals surface area (Å²) in [4.78, 5) is 0. The molecule has 0 aromatic carbocycles. The van der Waals surface area contributed by atoms with Gasteiger partial charge < -0.3 is 4.74 Å². The third-order valence-electron chi connectivity index (χ3n) is 4.31. The van der Waals surface area contributed by atoms with Gasteiger partial charge in [0, 0.05) is 0 Å². The Kier molecular flexibility index (Phi) is 6.87. The summed E-state index contributed by atoms with van der Waals surface area (Å²) < 4.78 is 13.7. The van der Waals surface area contributed by atoms with Crippen molar-refractivity contribution in [2.45, 2.75) is 77.4 Å². The van der Waals surface area contributed by atoms with Gasteiger partial charge in [-0.05, 0) is 63.2 Å². The van der Waals surface area contributed by atoms with Crippen LogP contribution in [0, 0.1) is 18.5 Å². The maximum absolute atomic E-state index is 7.50. The van der Waals surface area contributed by atoms with Crippen molar-refractivity contribution in [3.05, 3.63) is 6.65 Å². The number of hydrogen-bond donors (Lipinski definition) is 0. The Labute approximate surface area is 106 Å². The molecule has 0 amide bonds. The monoisotopic (exact) mass is 238 g/mol. The van der Waals surface area contributed by atoms with E-state index >= 15 is 0 Å². The second-order valence-electron chi connectivity index (χ2n) is 5.90. The minimum atomic E-state index is 0.597. The van der Waals surface area contributed by atoms with Crippen molar-refractivity contribution in [2.24, 2.45) is 11.8 Å². The SMILES string of the molecule is CC1CCC(OC2CCC(C)CC2)CC1.[C-]#[O+]. The zero-order valence-corrected chi connectivity index (χ0v) is 11.3. The van der Waals surface area contributed by atoms with Crippen molar-refractivity contribution in [3.63, 3.8) is 0 Å². The van der Waals surface area contributed by atoms with Crippen molar-refractivity contribution < 1.29 is 9.39 Å². The zero-order valence-electron chi connectivity index (χ0n) is 11.3. The first kappa shape index (κ1) is 14.8. The van der Waals surface area contributed by atoms with Crippen LogP contribution >= 0.6 is 0 Å². The van der Waals surface area contributed by atoms with Crippen molar-refractivity contribution in [1.29, 1.82) is 0 Å². The van der Waals surface area contributed by atoms with Gasteiger partial charge in [0.05, 0.1) is 12.2 Å². The van der Waals surface area contributed by atoms with Crippen LogP contribution in [0.3, 0.4) is 0 Å². The summed E-state index contributed by atoms with van der Waals surface area (Å²) in [6.07, 6.45) is 12.0. The normalized spacial score (nSPS) is 37.9. The summed E-state index contributed by atoms with van der Waals surface area (Å²) in [5.74, 6) is 1.88. The summed E-state index contributed by atoms with van der Waals surface area (Å²) in [7, 11) is 0. The minimum absolute atomic E-state index is 0.597. The molecule has 0 saturated heterocycles. The summed E-state index contributed by atoms with van der Waals surface area (Å²) in [5.41, 5.74) is 0. The van der Waals surface area contributed by atoms with Crippen LogP contribution in [0.2, 0.25) is 0 Å². The predicted molar refractivity (Wildman–Crippen MR) is 67.9 cm³/mol. The molecule has 0 aromatic rings. The fraction of sp³-hybridized carbons (Fsp3) is 0.933. The molecule has 0 atom stereocenters. The molecule has 0 unspecified atom stereocenters. The van der Waals surface area contributed by atoms with Gasteiger partial charge in [0.15, 0.2) is 0 Å². The molecule has 0 aliphatic heterocycles. The van der Waals surface area contributed by atoms with Gasteiger partial charge in [0.25, 0.3) is 0 Å². The van der Waals surface area contributed by atoms with E-state index in [4.69, 9.17) is 9.39 Å². The molecule has 0 aromatic heterocycles. The first-order chi connectivity index (χ1) is 8.24.